The van der Waals surface area contributed by atoms with Crippen LogP contribution in [0.1, 0.15) is 11.1 Å². The van der Waals surface area contributed by atoms with Gasteiger partial charge in [0.05, 0.1) is 0 Å². The van der Waals surface area contributed by atoms with E-state index < -0.39 is 0 Å². The Morgan fingerprint density at radius 2 is 1.09 bits per heavy atom. The first-order valence-electron chi connectivity index (χ1n) is 7.07. The Morgan fingerprint density at radius 1 is 0.545 bits per heavy atom. The SMILES string of the molecule is Oc1cc(O)cc(/C=C/c2ccc(-c3ccccc3)cc2)c1. The van der Waals surface area contributed by atoms with Crippen molar-refractivity contribution in [2.24, 2.45) is 0 Å². The molecule has 0 bridgehead atoms. The van der Waals surface area contributed by atoms with Gasteiger partial charge in [-0.05, 0) is 34.4 Å². The van der Waals surface area contributed by atoms with Gasteiger partial charge in [-0.1, -0.05) is 66.7 Å². The number of rotatable bonds is 3. The van der Waals surface area contributed by atoms with E-state index in [2.05, 4.69) is 24.3 Å². The van der Waals surface area contributed by atoms with Crippen LogP contribution in [0.3, 0.4) is 0 Å². The highest BCUT2D eigenvalue weighted by molar-refractivity contribution is 5.73. The van der Waals surface area contributed by atoms with Crippen molar-refractivity contribution in [3.8, 4) is 22.6 Å². The summed E-state index contributed by atoms with van der Waals surface area (Å²) >= 11 is 0. The van der Waals surface area contributed by atoms with Crippen LogP contribution in [0.4, 0.5) is 0 Å². The third kappa shape index (κ3) is 3.36. The summed E-state index contributed by atoms with van der Waals surface area (Å²) in [7, 11) is 0. The predicted molar refractivity (Wildman–Crippen MR) is 90.6 cm³/mol. The lowest BCUT2D eigenvalue weighted by Gasteiger charge is -2.02. The summed E-state index contributed by atoms with van der Waals surface area (Å²) in [5.74, 6) is 0.109. The molecule has 3 aromatic rings. The molecule has 0 atom stereocenters. The maximum Gasteiger partial charge on any atom is 0.119 e. The fourth-order valence-electron chi connectivity index (χ4n) is 2.32. The first-order chi connectivity index (χ1) is 10.7. The standard InChI is InChI=1S/C20H16O2/c21-19-12-16(13-20(22)14-19)7-6-15-8-10-18(11-9-15)17-4-2-1-3-5-17/h1-14,21-22H/b7-6+. The van der Waals surface area contributed by atoms with Crippen molar-refractivity contribution in [1.82, 2.24) is 0 Å². The molecule has 0 aliphatic rings. The van der Waals surface area contributed by atoms with E-state index in [0.717, 1.165) is 11.1 Å². The van der Waals surface area contributed by atoms with E-state index in [1.165, 1.54) is 17.2 Å². The van der Waals surface area contributed by atoms with E-state index in [-0.39, 0.29) is 11.5 Å². The maximum atomic E-state index is 9.46. The molecule has 22 heavy (non-hydrogen) atoms. The van der Waals surface area contributed by atoms with Crippen LogP contribution in [-0.4, -0.2) is 10.2 Å². The minimum absolute atomic E-state index is 0.0547. The molecule has 3 rings (SSSR count). The van der Waals surface area contributed by atoms with Gasteiger partial charge in [-0.2, -0.15) is 0 Å². The Kier molecular flexibility index (Phi) is 3.92. The van der Waals surface area contributed by atoms with Crippen LogP contribution in [0, 0.1) is 0 Å². The molecule has 0 amide bonds. The van der Waals surface area contributed by atoms with Gasteiger partial charge in [-0.25, -0.2) is 0 Å². The molecule has 0 saturated heterocycles. The fraction of sp³-hybridized carbons (Fsp3) is 0. The minimum atomic E-state index is 0.0547. The molecule has 108 valence electrons. The highest BCUT2D eigenvalue weighted by atomic mass is 16.3. The number of phenolic OH excluding ortho intramolecular Hbond substituents is 2. The maximum absolute atomic E-state index is 9.46. The summed E-state index contributed by atoms with van der Waals surface area (Å²) in [4.78, 5) is 0. The first-order valence-corrected chi connectivity index (χ1v) is 7.07. The van der Waals surface area contributed by atoms with Gasteiger partial charge in [0.1, 0.15) is 11.5 Å². The van der Waals surface area contributed by atoms with Gasteiger partial charge in [-0.15, -0.1) is 0 Å². The highest BCUT2D eigenvalue weighted by Crippen LogP contribution is 2.23. The molecular weight excluding hydrogens is 272 g/mol. The number of phenols is 2. The quantitative estimate of drug-likeness (QED) is 0.670. The molecule has 0 fully saturated rings. The summed E-state index contributed by atoms with van der Waals surface area (Å²) < 4.78 is 0. The molecule has 0 spiro atoms. The van der Waals surface area contributed by atoms with Gasteiger partial charge < -0.3 is 10.2 Å². The van der Waals surface area contributed by atoms with Gasteiger partial charge >= 0.3 is 0 Å². The molecule has 0 aromatic heterocycles. The van der Waals surface area contributed by atoms with Gasteiger partial charge in [0, 0.05) is 6.07 Å². The number of aromatic hydroxyl groups is 2. The highest BCUT2D eigenvalue weighted by Gasteiger charge is 1.97. The Bertz CT molecular complexity index is 767. The summed E-state index contributed by atoms with van der Waals surface area (Å²) in [6.07, 6.45) is 3.81. The average molecular weight is 288 g/mol. The second-order valence-corrected chi connectivity index (χ2v) is 5.10. The van der Waals surface area contributed by atoms with Crippen molar-refractivity contribution < 1.29 is 10.2 Å². The topological polar surface area (TPSA) is 40.5 Å². The van der Waals surface area contributed by atoms with Crippen molar-refractivity contribution in [2.75, 3.05) is 0 Å². The van der Waals surface area contributed by atoms with Crippen LogP contribution in [0.25, 0.3) is 23.3 Å². The van der Waals surface area contributed by atoms with Crippen LogP contribution in [0.2, 0.25) is 0 Å². The first kappa shape index (κ1) is 14.0. The normalized spacial score (nSPS) is 10.9. The Hall–Kier alpha value is -3.00. The summed E-state index contributed by atoms with van der Waals surface area (Å²) in [6.45, 7) is 0. The number of benzene rings is 3. The van der Waals surface area contributed by atoms with Gasteiger partial charge in [0.15, 0.2) is 0 Å². The molecule has 0 unspecified atom stereocenters. The van der Waals surface area contributed by atoms with E-state index in [4.69, 9.17) is 0 Å². The molecule has 3 aromatic carbocycles. The third-order valence-electron chi connectivity index (χ3n) is 3.41. The predicted octanol–water partition coefficient (Wildman–Crippen LogP) is 4.94. The lowest BCUT2D eigenvalue weighted by molar-refractivity contribution is 0.450. The molecule has 0 heterocycles. The summed E-state index contributed by atoms with van der Waals surface area (Å²) in [6, 6.07) is 23.0. The smallest absolute Gasteiger partial charge is 0.119 e. The van der Waals surface area contributed by atoms with Gasteiger partial charge in [-0.3, -0.25) is 0 Å². The number of hydrogen-bond donors (Lipinski definition) is 2. The average Bonchev–Trinajstić information content (AvgIpc) is 2.53. The van der Waals surface area contributed by atoms with Crippen LogP contribution < -0.4 is 0 Å². The molecule has 2 N–H and O–H groups in total. The van der Waals surface area contributed by atoms with Gasteiger partial charge in [0.25, 0.3) is 0 Å². The molecule has 0 radical (unpaired) electrons. The summed E-state index contributed by atoms with van der Waals surface area (Å²) in [5.41, 5.74) is 4.18. The van der Waals surface area contributed by atoms with E-state index in [0.29, 0.717) is 0 Å². The Labute approximate surface area is 129 Å². The number of hydrogen-bond acceptors (Lipinski definition) is 2. The van der Waals surface area contributed by atoms with Crippen molar-refractivity contribution in [1.29, 1.82) is 0 Å². The molecule has 2 heteroatoms. The van der Waals surface area contributed by atoms with Crippen LogP contribution >= 0.6 is 0 Å². The zero-order valence-corrected chi connectivity index (χ0v) is 12.0. The Morgan fingerprint density at radius 3 is 1.73 bits per heavy atom. The van der Waals surface area contributed by atoms with E-state index in [9.17, 15) is 10.2 Å². The minimum Gasteiger partial charge on any atom is -0.508 e. The van der Waals surface area contributed by atoms with E-state index >= 15 is 0 Å². The zero-order chi connectivity index (χ0) is 15.4. The van der Waals surface area contributed by atoms with Crippen LogP contribution in [-0.2, 0) is 0 Å². The van der Waals surface area contributed by atoms with Gasteiger partial charge in [0.2, 0.25) is 0 Å². The molecular formula is C20H16O2. The fourth-order valence-corrected chi connectivity index (χ4v) is 2.32. The summed E-state index contributed by atoms with van der Waals surface area (Å²) in [5, 5.41) is 18.9. The molecule has 0 aliphatic heterocycles. The van der Waals surface area contributed by atoms with Crippen LogP contribution in [0.15, 0.2) is 72.8 Å². The molecule has 0 aliphatic carbocycles. The Balaban J connectivity index is 1.80. The molecule has 2 nitrogen and oxygen atoms in total. The lowest BCUT2D eigenvalue weighted by Crippen LogP contribution is -1.78. The van der Waals surface area contributed by atoms with Crippen molar-refractivity contribution >= 4 is 12.2 Å². The monoisotopic (exact) mass is 288 g/mol. The van der Waals surface area contributed by atoms with E-state index in [1.807, 2.05) is 42.5 Å². The van der Waals surface area contributed by atoms with E-state index in [1.54, 1.807) is 12.1 Å². The zero-order valence-electron chi connectivity index (χ0n) is 12.0. The van der Waals surface area contributed by atoms with Crippen molar-refractivity contribution in [3.63, 3.8) is 0 Å². The third-order valence-corrected chi connectivity index (χ3v) is 3.41. The van der Waals surface area contributed by atoms with Crippen molar-refractivity contribution in [2.45, 2.75) is 0 Å². The lowest BCUT2D eigenvalue weighted by atomic mass is 10.0. The second kappa shape index (κ2) is 6.19. The van der Waals surface area contributed by atoms with Crippen LogP contribution in [0.5, 0.6) is 11.5 Å². The largest absolute Gasteiger partial charge is 0.508 e. The second-order valence-electron chi connectivity index (χ2n) is 5.10. The van der Waals surface area contributed by atoms with Crippen molar-refractivity contribution in [3.05, 3.63) is 83.9 Å². The molecule has 0 saturated carbocycles.